The van der Waals surface area contributed by atoms with E-state index in [1.54, 1.807) is 7.05 Å². The first-order valence-electron chi connectivity index (χ1n) is 5.33. The van der Waals surface area contributed by atoms with Gasteiger partial charge < -0.3 is 0 Å². The summed E-state index contributed by atoms with van der Waals surface area (Å²) < 4.78 is 0. The molecule has 80 valence electrons. The molecular formula is C12H16N2O. The predicted octanol–water partition coefficient (Wildman–Crippen LogP) is 1.51. The highest BCUT2D eigenvalue weighted by Gasteiger charge is 2.13. The molecule has 0 spiro atoms. The smallest absolute Gasteiger partial charge is 0.267 e. The molecule has 0 aliphatic heterocycles. The van der Waals surface area contributed by atoms with E-state index in [0.29, 0.717) is 5.56 Å². The topological polar surface area (TPSA) is 46.3 Å². The number of hydrogen-bond acceptors (Lipinski definition) is 2. The number of aryl methyl sites for hydroxylation is 2. The lowest BCUT2D eigenvalue weighted by molar-refractivity contribution is 0.0795. The predicted molar refractivity (Wildman–Crippen MR) is 59.4 cm³/mol. The zero-order valence-corrected chi connectivity index (χ0v) is 8.99. The van der Waals surface area contributed by atoms with Crippen LogP contribution in [0.1, 0.15) is 34.3 Å². The van der Waals surface area contributed by atoms with Crippen molar-refractivity contribution in [3.63, 3.8) is 0 Å². The summed E-state index contributed by atoms with van der Waals surface area (Å²) in [6.45, 7) is 0. The van der Waals surface area contributed by atoms with Gasteiger partial charge in [0.1, 0.15) is 0 Å². The van der Waals surface area contributed by atoms with Crippen LogP contribution in [0.2, 0.25) is 0 Å². The van der Waals surface area contributed by atoms with Crippen molar-refractivity contribution in [3.8, 4) is 0 Å². The Bertz CT molecular complexity index is 385. The maximum absolute atomic E-state index is 11.6. The number of amides is 1. The first kappa shape index (κ1) is 10.2. The molecule has 0 radical (unpaired) electrons. The van der Waals surface area contributed by atoms with Crippen molar-refractivity contribution in [1.29, 1.82) is 0 Å². The third-order valence-corrected chi connectivity index (χ3v) is 2.92. The molecule has 0 unspecified atom stereocenters. The Balaban J connectivity index is 2.32. The van der Waals surface area contributed by atoms with E-state index >= 15 is 0 Å². The van der Waals surface area contributed by atoms with Crippen LogP contribution in [0.5, 0.6) is 0 Å². The van der Waals surface area contributed by atoms with Crippen LogP contribution in [-0.4, -0.2) is 18.0 Å². The third-order valence-electron chi connectivity index (χ3n) is 2.92. The second-order valence-electron chi connectivity index (χ2n) is 4.11. The molecule has 0 saturated heterocycles. The van der Waals surface area contributed by atoms with Gasteiger partial charge in [-0.15, -0.1) is 0 Å². The van der Waals surface area contributed by atoms with Crippen molar-refractivity contribution in [2.75, 3.05) is 7.05 Å². The number of nitrogens with zero attached hydrogens (tertiary/aromatic N) is 1. The molecule has 15 heavy (non-hydrogen) atoms. The average molecular weight is 204 g/mol. The summed E-state index contributed by atoms with van der Waals surface area (Å²) in [5, 5.41) is 1.13. The zero-order valence-electron chi connectivity index (χ0n) is 8.99. The molecule has 3 heteroatoms. The second-order valence-corrected chi connectivity index (χ2v) is 4.11. The van der Waals surface area contributed by atoms with Gasteiger partial charge in [-0.05, 0) is 48.9 Å². The molecule has 1 aliphatic carbocycles. The van der Waals surface area contributed by atoms with Gasteiger partial charge >= 0.3 is 0 Å². The Morgan fingerprint density at radius 1 is 1.27 bits per heavy atom. The van der Waals surface area contributed by atoms with Crippen molar-refractivity contribution in [2.24, 2.45) is 5.84 Å². The number of rotatable bonds is 1. The normalized spacial score (nSPS) is 14.5. The molecule has 1 aliphatic rings. The first-order chi connectivity index (χ1) is 7.18. The molecule has 1 amide bonds. The standard InChI is InChI=1S/C12H16N2O/c1-14(13)12(15)11-7-6-9-4-2-3-5-10(9)8-11/h6-8H,2-5,13H2,1H3. The van der Waals surface area contributed by atoms with E-state index in [4.69, 9.17) is 5.84 Å². The summed E-state index contributed by atoms with van der Waals surface area (Å²) >= 11 is 0. The lowest BCUT2D eigenvalue weighted by Gasteiger charge is -2.17. The molecule has 0 fully saturated rings. The lowest BCUT2D eigenvalue weighted by atomic mass is 9.90. The van der Waals surface area contributed by atoms with Crippen molar-refractivity contribution in [3.05, 3.63) is 34.9 Å². The van der Waals surface area contributed by atoms with E-state index in [1.165, 1.54) is 24.0 Å². The molecule has 0 saturated carbocycles. The van der Waals surface area contributed by atoms with Gasteiger partial charge in [0.05, 0.1) is 0 Å². The van der Waals surface area contributed by atoms with Crippen LogP contribution in [0.25, 0.3) is 0 Å². The van der Waals surface area contributed by atoms with Gasteiger partial charge in [-0.1, -0.05) is 6.07 Å². The monoisotopic (exact) mass is 204 g/mol. The van der Waals surface area contributed by atoms with Crippen LogP contribution in [0.3, 0.4) is 0 Å². The minimum Gasteiger partial charge on any atom is -0.280 e. The summed E-state index contributed by atoms with van der Waals surface area (Å²) in [6, 6.07) is 5.92. The molecule has 3 nitrogen and oxygen atoms in total. The molecule has 0 aromatic heterocycles. The quantitative estimate of drug-likeness (QED) is 0.428. The number of carbonyl (C=O) groups excluding carboxylic acids is 1. The van der Waals surface area contributed by atoms with Crippen LogP contribution in [-0.2, 0) is 12.8 Å². The fourth-order valence-electron chi connectivity index (χ4n) is 2.07. The Kier molecular flexibility index (Phi) is 2.73. The van der Waals surface area contributed by atoms with Crippen molar-refractivity contribution in [1.82, 2.24) is 5.01 Å². The minimum atomic E-state index is -0.122. The van der Waals surface area contributed by atoms with E-state index in [9.17, 15) is 4.79 Å². The summed E-state index contributed by atoms with van der Waals surface area (Å²) in [6.07, 6.45) is 4.72. The lowest BCUT2D eigenvalue weighted by Crippen LogP contribution is -2.33. The Hall–Kier alpha value is -1.35. The van der Waals surface area contributed by atoms with Crippen molar-refractivity contribution < 1.29 is 4.79 Å². The van der Waals surface area contributed by atoms with Gasteiger partial charge in [-0.25, -0.2) is 5.84 Å². The van der Waals surface area contributed by atoms with E-state index in [1.807, 2.05) is 12.1 Å². The molecular weight excluding hydrogens is 188 g/mol. The van der Waals surface area contributed by atoms with Gasteiger partial charge in [0.25, 0.3) is 5.91 Å². The van der Waals surface area contributed by atoms with Crippen molar-refractivity contribution >= 4 is 5.91 Å². The number of hydrazine groups is 1. The van der Waals surface area contributed by atoms with Crippen LogP contribution in [0, 0.1) is 0 Å². The zero-order chi connectivity index (χ0) is 10.8. The highest BCUT2D eigenvalue weighted by atomic mass is 16.2. The van der Waals surface area contributed by atoms with Gasteiger partial charge in [-0.2, -0.15) is 0 Å². The van der Waals surface area contributed by atoms with E-state index in [2.05, 4.69) is 6.07 Å². The summed E-state index contributed by atoms with van der Waals surface area (Å²) in [4.78, 5) is 11.6. The summed E-state index contributed by atoms with van der Waals surface area (Å²) in [5.74, 6) is 5.31. The molecule has 0 atom stereocenters. The largest absolute Gasteiger partial charge is 0.280 e. The van der Waals surface area contributed by atoms with Crippen LogP contribution < -0.4 is 5.84 Å². The summed E-state index contributed by atoms with van der Waals surface area (Å²) in [5.41, 5.74) is 3.40. The van der Waals surface area contributed by atoms with E-state index in [0.717, 1.165) is 17.9 Å². The van der Waals surface area contributed by atoms with Gasteiger partial charge in [0.2, 0.25) is 0 Å². The number of benzene rings is 1. The van der Waals surface area contributed by atoms with Gasteiger partial charge in [0, 0.05) is 12.6 Å². The molecule has 0 heterocycles. The third kappa shape index (κ3) is 2.02. The summed E-state index contributed by atoms with van der Waals surface area (Å²) in [7, 11) is 1.57. The first-order valence-corrected chi connectivity index (χ1v) is 5.33. The Labute approximate surface area is 89.8 Å². The van der Waals surface area contributed by atoms with Crippen LogP contribution in [0.15, 0.2) is 18.2 Å². The maximum atomic E-state index is 11.6. The fraction of sp³-hybridized carbons (Fsp3) is 0.417. The van der Waals surface area contributed by atoms with Gasteiger partial charge in [0.15, 0.2) is 0 Å². The van der Waals surface area contributed by atoms with Gasteiger partial charge in [-0.3, -0.25) is 9.80 Å². The Morgan fingerprint density at radius 3 is 2.60 bits per heavy atom. The molecule has 2 rings (SSSR count). The fourth-order valence-corrected chi connectivity index (χ4v) is 2.07. The van der Waals surface area contributed by atoms with Crippen molar-refractivity contribution in [2.45, 2.75) is 25.7 Å². The molecule has 0 bridgehead atoms. The van der Waals surface area contributed by atoms with E-state index in [-0.39, 0.29) is 5.91 Å². The second kappa shape index (κ2) is 4.03. The van der Waals surface area contributed by atoms with Crippen LogP contribution in [0.4, 0.5) is 0 Å². The maximum Gasteiger partial charge on any atom is 0.267 e. The minimum absolute atomic E-state index is 0.122. The van der Waals surface area contributed by atoms with E-state index < -0.39 is 0 Å². The molecule has 1 aromatic rings. The highest BCUT2D eigenvalue weighted by Crippen LogP contribution is 2.22. The molecule has 2 N–H and O–H groups in total. The Morgan fingerprint density at radius 2 is 1.93 bits per heavy atom. The van der Waals surface area contributed by atoms with Crippen LogP contribution >= 0.6 is 0 Å². The number of carbonyl (C=O) groups is 1. The number of nitrogens with two attached hydrogens (primary N) is 1. The number of fused-ring (bicyclic) bond motifs is 1. The molecule has 1 aromatic carbocycles. The SMILES string of the molecule is CN(N)C(=O)c1ccc2c(c1)CCCC2. The number of hydrogen-bond donors (Lipinski definition) is 1. The average Bonchev–Trinajstić information content (AvgIpc) is 2.27. The highest BCUT2D eigenvalue weighted by molar-refractivity contribution is 5.93.